The number of ketones is 1. The lowest BCUT2D eigenvalue weighted by molar-refractivity contribution is 0.102. The van der Waals surface area contributed by atoms with Crippen molar-refractivity contribution >= 4 is 44.8 Å². The number of hydrogen-bond donors (Lipinski definition) is 0. The van der Waals surface area contributed by atoms with Crippen LogP contribution in [0, 0.1) is 6.92 Å². The van der Waals surface area contributed by atoms with Gasteiger partial charge in [0.25, 0.3) is 0 Å². The van der Waals surface area contributed by atoms with Gasteiger partial charge in [0.05, 0.1) is 5.75 Å². The van der Waals surface area contributed by atoms with Crippen molar-refractivity contribution in [3.63, 3.8) is 0 Å². The molecule has 0 aliphatic carbocycles. The van der Waals surface area contributed by atoms with Crippen molar-refractivity contribution in [1.82, 2.24) is 0 Å². The molecule has 17 heavy (non-hydrogen) atoms. The number of Topliss-reactive ketones (excluding diaryl/α,β-unsaturated/α-hetero) is 1. The molecule has 0 unspecified atom stereocenters. The average molecular weight is 327 g/mol. The van der Waals surface area contributed by atoms with Gasteiger partial charge in [0.2, 0.25) is 0 Å². The first-order chi connectivity index (χ1) is 8.16. The second-order valence-electron chi connectivity index (χ2n) is 3.66. The highest BCUT2D eigenvalue weighted by Crippen LogP contribution is 2.25. The van der Waals surface area contributed by atoms with Crippen LogP contribution in [0.1, 0.15) is 15.9 Å². The Hall–Kier alpha value is -0.580. The Balaban J connectivity index is 1.97. The van der Waals surface area contributed by atoms with Gasteiger partial charge in [-0.15, -0.1) is 11.8 Å². The number of thioether (sulfide) groups is 1. The summed E-state index contributed by atoms with van der Waals surface area (Å²) < 4.78 is 0.900. The fraction of sp³-hybridized carbons (Fsp3) is 0.154. The van der Waals surface area contributed by atoms with Crippen LogP contribution < -0.4 is 0 Å². The van der Waals surface area contributed by atoms with E-state index in [0.717, 1.165) is 14.9 Å². The Bertz CT molecular complexity index is 516. The molecule has 1 aromatic heterocycles. The molecule has 1 heterocycles. The van der Waals surface area contributed by atoms with Crippen molar-refractivity contribution < 1.29 is 4.79 Å². The standard InChI is InChI=1S/C13H11BrOS2/c1-9-2-4-10(5-3-9)17-8-13(15)11-6-16-7-12(11)14/h2-7H,8H2,1H3. The van der Waals surface area contributed by atoms with Crippen LogP contribution in [0.15, 0.2) is 44.4 Å². The summed E-state index contributed by atoms with van der Waals surface area (Å²) in [4.78, 5) is 13.1. The molecule has 0 spiro atoms. The zero-order valence-electron chi connectivity index (χ0n) is 9.27. The van der Waals surface area contributed by atoms with E-state index in [-0.39, 0.29) is 5.78 Å². The fourth-order valence-electron chi connectivity index (χ4n) is 1.34. The highest BCUT2D eigenvalue weighted by atomic mass is 79.9. The van der Waals surface area contributed by atoms with Gasteiger partial charge in [-0.05, 0) is 35.0 Å². The summed E-state index contributed by atoms with van der Waals surface area (Å²) in [6.07, 6.45) is 0. The third-order valence-electron chi connectivity index (χ3n) is 2.31. The molecule has 0 bridgehead atoms. The number of carbonyl (C=O) groups is 1. The van der Waals surface area contributed by atoms with Gasteiger partial charge in [-0.2, -0.15) is 11.3 Å². The summed E-state index contributed by atoms with van der Waals surface area (Å²) in [6.45, 7) is 2.06. The molecule has 0 aliphatic heterocycles. The molecule has 1 aromatic carbocycles. The maximum absolute atomic E-state index is 11.9. The van der Waals surface area contributed by atoms with E-state index in [4.69, 9.17) is 0 Å². The van der Waals surface area contributed by atoms with Gasteiger partial charge in [0, 0.05) is 25.7 Å². The van der Waals surface area contributed by atoms with E-state index in [1.54, 1.807) is 23.1 Å². The maximum Gasteiger partial charge on any atom is 0.175 e. The quantitative estimate of drug-likeness (QED) is 0.593. The minimum absolute atomic E-state index is 0.170. The van der Waals surface area contributed by atoms with Gasteiger partial charge in [-0.1, -0.05) is 17.7 Å². The fourth-order valence-corrected chi connectivity index (χ4v) is 3.64. The van der Waals surface area contributed by atoms with Crippen LogP contribution in [-0.4, -0.2) is 11.5 Å². The highest BCUT2D eigenvalue weighted by molar-refractivity contribution is 9.10. The topological polar surface area (TPSA) is 17.1 Å². The molecule has 4 heteroatoms. The SMILES string of the molecule is Cc1ccc(SCC(=O)c2cscc2Br)cc1. The van der Waals surface area contributed by atoms with Crippen LogP contribution in [0.2, 0.25) is 0 Å². The minimum Gasteiger partial charge on any atom is -0.293 e. The molecule has 0 saturated carbocycles. The van der Waals surface area contributed by atoms with Gasteiger partial charge < -0.3 is 0 Å². The van der Waals surface area contributed by atoms with Gasteiger partial charge in [-0.3, -0.25) is 4.79 Å². The minimum atomic E-state index is 0.170. The number of hydrogen-bond acceptors (Lipinski definition) is 3. The Morgan fingerprint density at radius 3 is 2.59 bits per heavy atom. The molecule has 2 aromatic rings. The molecular weight excluding hydrogens is 316 g/mol. The lowest BCUT2D eigenvalue weighted by Crippen LogP contribution is -2.01. The van der Waals surface area contributed by atoms with Crippen molar-refractivity contribution in [3.05, 3.63) is 50.6 Å². The summed E-state index contributed by atoms with van der Waals surface area (Å²) in [5.74, 6) is 0.655. The van der Waals surface area contributed by atoms with E-state index in [1.165, 1.54) is 5.56 Å². The Morgan fingerprint density at radius 2 is 2.00 bits per heavy atom. The number of benzene rings is 1. The Kier molecular flexibility index (Phi) is 4.42. The molecule has 0 N–H and O–H groups in total. The van der Waals surface area contributed by atoms with E-state index in [2.05, 4.69) is 47.1 Å². The van der Waals surface area contributed by atoms with Crippen LogP contribution in [0.3, 0.4) is 0 Å². The third kappa shape index (κ3) is 3.44. The molecule has 0 atom stereocenters. The molecule has 0 aliphatic rings. The molecule has 1 nitrogen and oxygen atoms in total. The molecule has 88 valence electrons. The van der Waals surface area contributed by atoms with E-state index < -0.39 is 0 Å². The normalized spacial score (nSPS) is 10.5. The highest BCUT2D eigenvalue weighted by Gasteiger charge is 2.11. The van der Waals surface area contributed by atoms with E-state index >= 15 is 0 Å². The zero-order valence-corrected chi connectivity index (χ0v) is 12.5. The van der Waals surface area contributed by atoms with Crippen molar-refractivity contribution in [3.8, 4) is 0 Å². The van der Waals surface area contributed by atoms with Gasteiger partial charge in [-0.25, -0.2) is 0 Å². The second-order valence-corrected chi connectivity index (χ2v) is 6.30. The molecular formula is C13H11BrOS2. The summed E-state index contributed by atoms with van der Waals surface area (Å²) >= 11 is 6.50. The first kappa shape index (κ1) is 12.9. The number of carbonyl (C=O) groups excluding carboxylic acids is 1. The van der Waals surface area contributed by atoms with Crippen LogP contribution in [-0.2, 0) is 0 Å². The third-order valence-corrected chi connectivity index (χ3v) is 5.02. The number of aryl methyl sites for hydroxylation is 1. The summed E-state index contributed by atoms with van der Waals surface area (Å²) in [6, 6.07) is 8.23. The predicted octanol–water partition coefficient (Wildman–Crippen LogP) is 4.79. The van der Waals surface area contributed by atoms with E-state index in [1.807, 2.05) is 10.8 Å². The predicted molar refractivity (Wildman–Crippen MR) is 78.3 cm³/mol. The first-order valence-corrected chi connectivity index (χ1v) is 7.83. The largest absolute Gasteiger partial charge is 0.293 e. The average Bonchev–Trinajstić information content (AvgIpc) is 2.74. The van der Waals surface area contributed by atoms with E-state index in [0.29, 0.717) is 5.75 Å². The van der Waals surface area contributed by atoms with Crippen molar-refractivity contribution in [2.75, 3.05) is 5.75 Å². The number of rotatable bonds is 4. The van der Waals surface area contributed by atoms with Gasteiger partial charge in [0.15, 0.2) is 5.78 Å². The summed E-state index contributed by atoms with van der Waals surface area (Å²) in [7, 11) is 0. The van der Waals surface area contributed by atoms with Crippen LogP contribution >= 0.6 is 39.0 Å². The molecule has 0 radical (unpaired) electrons. The second kappa shape index (κ2) is 5.85. The van der Waals surface area contributed by atoms with Crippen molar-refractivity contribution in [2.24, 2.45) is 0 Å². The molecule has 0 fully saturated rings. The Morgan fingerprint density at radius 1 is 1.29 bits per heavy atom. The maximum atomic E-state index is 11.9. The summed E-state index contributed by atoms with van der Waals surface area (Å²) in [5.41, 5.74) is 2.02. The van der Waals surface area contributed by atoms with Crippen LogP contribution in [0.4, 0.5) is 0 Å². The van der Waals surface area contributed by atoms with Crippen LogP contribution in [0.25, 0.3) is 0 Å². The number of halogens is 1. The lowest BCUT2D eigenvalue weighted by atomic mass is 10.2. The van der Waals surface area contributed by atoms with Gasteiger partial charge in [0.1, 0.15) is 0 Å². The van der Waals surface area contributed by atoms with Crippen molar-refractivity contribution in [2.45, 2.75) is 11.8 Å². The molecule has 0 saturated heterocycles. The summed E-state index contributed by atoms with van der Waals surface area (Å²) in [5, 5.41) is 3.83. The first-order valence-electron chi connectivity index (χ1n) is 5.11. The molecule has 2 rings (SSSR count). The Labute approximate surface area is 117 Å². The van der Waals surface area contributed by atoms with Gasteiger partial charge >= 0.3 is 0 Å². The number of thiophene rings is 1. The zero-order chi connectivity index (χ0) is 12.3. The van der Waals surface area contributed by atoms with Crippen molar-refractivity contribution in [1.29, 1.82) is 0 Å². The lowest BCUT2D eigenvalue weighted by Gasteiger charge is -2.01. The smallest absolute Gasteiger partial charge is 0.175 e. The monoisotopic (exact) mass is 326 g/mol. The van der Waals surface area contributed by atoms with E-state index in [9.17, 15) is 4.79 Å². The van der Waals surface area contributed by atoms with Crippen LogP contribution in [0.5, 0.6) is 0 Å². The molecule has 0 amide bonds.